The maximum atomic E-state index is 5.43. The lowest BCUT2D eigenvalue weighted by Crippen LogP contribution is -2.34. The molecule has 0 bridgehead atoms. The molecule has 2 heteroatoms. The molecular weight excluding hydrogens is 148 g/mol. The smallest absolute Gasteiger partial charge is 0.0210 e. The summed E-state index contributed by atoms with van der Waals surface area (Å²) in [5.74, 6) is 6.25. The molecule has 1 unspecified atom stereocenters. The first kappa shape index (κ1) is 11.9. The molecule has 2 nitrogen and oxygen atoms in total. The first-order valence-corrected chi connectivity index (χ1v) is 5.16. The third-order valence-corrected chi connectivity index (χ3v) is 2.21. The van der Waals surface area contributed by atoms with Gasteiger partial charge in [-0.1, -0.05) is 40.0 Å². The third kappa shape index (κ3) is 6.62. The van der Waals surface area contributed by atoms with Gasteiger partial charge in [0.05, 0.1) is 0 Å². The van der Waals surface area contributed by atoms with E-state index in [1.165, 1.54) is 32.1 Å². The first-order valence-electron chi connectivity index (χ1n) is 5.16. The number of nitrogens with one attached hydrogen (secondary N) is 1. The van der Waals surface area contributed by atoms with E-state index < -0.39 is 0 Å². The molecule has 0 heterocycles. The molecule has 0 rings (SSSR count). The maximum Gasteiger partial charge on any atom is 0.0210 e. The zero-order valence-electron chi connectivity index (χ0n) is 8.77. The van der Waals surface area contributed by atoms with E-state index in [9.17, 15) is 0 Å². The Kier molecular flexibility index (Phi) is 7.51. The quantitative estimate of drug-likeness (QED) is 0.457. The molecule has 1 atom stereocenters. The molecule has 0 aliphatic carbocycles. The molecule has 0 fully saturated rings. The third-order valence-electron chi connectivity index (χ3n) is 2.21. The molecule has 0 aliphatic heterocycles. The van der Waals surface area contributed by atoms with Gasteiger partial charge in [0, 0.05) is 6.04 Å². The van der Waals surface area contributed by atoms with Crippen LogP contribution < -0.4 is 11.3 Å². The Morgan fingerprint density at radius 2 is 1.83 bits per heavy atom. The molecule has 74 valence electrons. The highest BCUT2D eigenvalue weighted by atomic mass is 15.2. The number of nitrogens with two attached hydrogens (primary N) is 1. The van der Waals surface area contributed by atoms with Crippen LogP contribution in [0.2, 0.25) is 0 Å². The van der Waals surface area contributed by atoms with Crippen LogP contribution in [0.5, 0.6) is 0 Å². The lowest BCUT2D eigenvalue weighted by atomic mass is 10.0. The SMILES string of the molecule is CCCC(CCCC(C)C)NN. The Balaban J connectivity index is 3.31. The highest BCUT2D eigenvalue weighted by Crippen LogP contribution is 2.10. The van der Waals surface area contributed by atoms with Crippen molar-refractivity contribution < 1.29 is 0 Å². The van der Waals surface area contributed by atoms with Gasteiger partial charge in [0.2, 0.25) is 0 Å². The van der Waals surface area contributed by atoms with Crippen LogP contribution in [-0.2, 0) is 0 Å². The molecular formula is C10H24N2. The van der Waals surface area contributed by atoms with Crippen molar-refractivity contribution in [1.82, 2.24) is 5.43 Å². The van der Waals surface area contributed by atoms with Gasteiger partial charge in [-0.3, -0.25) is 11.3 Å². The minimum atomic E-state index is 0.536. The van der Waals surface area contributed by atoms with E-state index in [4.69, 9.17) is 5.84 Å². The molecule has 12 heavy (non-hydrogen) atoms. The molecule has 0 radical (unpaired) electrons. The van der Waals surface area contributed by atoms with Crippen molar-refractivity contribution in [3.63, 3.8) is 0 Å². The molecule has 0 aliphatic rings. The van der Waals surface area contributed by atoms with Crippen LogP contribution in [0.1, 0.15) is 52.9 Å². The number of rotatable bonds is 7. The van der Waals surface area contributed by atoms with Crippen molar-refractivity contribution in [3.05, 3.63) is 0 Å². The molecule has 0 amide bonds. The summed E-state index contributed by atoms with van der Waals surface area (Å²) in [6.45, 7) is 6.74. The zero-order valence-corrected chi connectivity index (χ0v) is 8.77. The van der Waals surface area contributed by atoms with Gasteiger partial charge in [-0.05, 0) is 18.8 Å². The molecule has 0 saturated carbocycles. The van der Waals surface area contributed by atoms with Gasteiger partial charge in [-0.15, -0.1) is 0 Å². The van der Waals surface area contributed by atoms with Crippen molar-refractivity contribution >= 4 is 0 Å². The summed E-state index contributed by atoms with van der Waals surface area (Å²) in [6, 6.07) is 0.536. The number of hydrogen-bond donors (Lipinski definition) is 2. The fraction of sp³-hybridized carbons (Fsp3) is 1.00. The van der Waals surface area contributed by atoms with Crippen molar-refractivity contribution in [3.8, 4) is 0 Å². The second-order valence-corrected chi connectivity index (χ2v) is 3.98. The topological polar surface area (TPSA) is 38.0 Å². The van der Waals surface area contributed by atoms with Gasteiger partial charge in [0.1, 0.15) is 0 Å². The van der Waals surface area contributed by atoms with E-state index in [1.807, 2.05) is 0 Å². The van der Waals surface area contributed by atoms with Crippen LogP contribution in [0.15, 0.2) is 0 Å². The van der Waals surface area contributed by atoms with Gasteiger partial charge in [0.25, 0.3) is 0 Å². The van der Waals surface area contributed by atoms with Crippen LogP contribution >= 0.6 is 0 Å². The summed E-state index contributed by atoms with van der Waals surface area (Å²) in [4.78, 5) is 0. The molecule has 0 aromatic heterocycles. The Morgan fingerprint density at radius 3 is 2.25 bits per heavy atom. The largest absolute Gasteiger partial charge is 0.271 e. The Morgan fingerprint density at radius 1 is 1.17 bits per heavy atom. The fourth-order valence-corrected chi connectivity index (χ4v) is 1.43. The highest BCUT2D eigenvalue weighted by Gasteiger charge is 2.04. The van der Waals surface area contributed by atoms with Crippen molar-refractivity contribution in [1.29, 1.82) is 0 Å². The van der Waals surface area contributed by atoms with Gasteiger partial charge in [0.15, 0.2) is 0 Å². The highest BCUT2D eigenvalue weighted by molar-refractivity contribution is 4.62. The summed E-state index contributed by atoms with van der Waals surface area (Å²) in [5, 5.41) is 0. The molecule has 0 saturated heterocycles. The number of hydrogen-bond acceptors (Lipinski definition) is 2. The van der Waals surface area contributed by atoms with Crippen molar-refractivity contribution in [2.45, 2.75) is 58.9 Å². The minimum absolute atomic E-state index is 0.536. The molecule has 0 spiro atoms. The lowest BCUT2D eigenvalue weighted by molar-refractivity contribution is 0.421. The minimum Gasteiger partial charge on any atom is -0.271 e. The van der Waals surface area contributed by atoms with Gasteiger partial charge >= 0.3 is 0 Å². The van der Waals surface area contributed by atoms with E-state index >= 15 is 0 Å². The van der Waals surface area contributed by atoms with E-state index in [-0.39, 0.29) is 0 Å². The second-order valence-electron chi connectivity index (χ2n) is 3.98. The predicted molar refractivity (Wildman–Crippen MR) is 54.7 cm³/mol. The van der Waals surface area contributed by atoms with E-state index in [2.05, 4.69) is 26.2 Å². The van der Waals surface area contributed by atoms with Crippen LogP contribution in [0, 0.1) is 5.92 Å². The van der Waals surface area contributed by atoms with Crippen molar-refractivity contribution in [2.24, 2.45) is 11.8 Å². The summed E-state index contributed by atoms with van der Waals surface area (Å²) in [6.07, 6.45) is 6.27. The summed E-state index contributed by atoms with van der Waals surface area (Å²) in [7, 11) is 0. The average molecular weight is 172 g/mol. The Labute approximate surface area is 76.9 Å². The second kappa shape index (κ2) is 7.56. The predicted octanol–water partition coefficient (Wildman–Crippen LogP) is 2.44. The standard InChI is InChI=1S/C10H24N2/c1-4-6-10(12-11)8-5-7-9(2)3/h9-10,12H,4-8,11H2,1-3H3. The van der Waals surface area contributed by atoms with Crippen LogP contribution in [-0.4, -0.2) is 6.04 Å². The fourth-order valence-electron chi connectivity index (χ4n) is 1.43. The van der Waals surface area contributed by atoms with Crippen LogP contribution in [0.25, 0.3) is 0 Å². The summed E-state index contributed by atoms with van der Waals surface area (Å²) >= 11 is 0. The van der Waals surface area contributed by atoms with E-state index in [0.29, 0.717) is 6.04 Å². The summed E-state index contributed by atoms with van der Waals surface area (Å²) < 4.78 is 0. The summed E-state index contributed by atoms with van der Waals surface area (Å²) in [5.41, 5.74) is 2.88. The Hall–Kier alpha value is -0.0800. The van der Waals surface area contributed by atoms with Gasteiger partial charge in [-0.2, -0.15) is 0 Å². The Bertz CT molecular complexity index is 91.8. The number of hydrazine groups is 1. The van der Waals surface area contributed by atoms with Gasteiger partial charge in [-0.25, -0.2) is 0 Å². The normalized spacial score (nSPS) is 13.8. The van der Waals surface area contributed by atoms with Crippen molar-refractivity contribution in [2.75, 3.05) is 0 Å². The monoisotopic (exact) mass is 172 g/mol. The van der Waals surface area contributed by atoms with Crippen LogP contribution in [0.4, 0.5) is 0 Å². The molecule has 3 N–H and O–H groups in total. The van der Waals surface area contributed by atoms with E-state index in [1.54, 1.807) is 0 Å². The molecule has 0 aromatic rings. The average Bonchev–Trinajstić information content (AvgIpc) is 2.02. The zero-order chi connectivity index (χ0) is 9.40. The van der Waals surface area contributed by atoms with E-state index in [0.717, 1.165) is 5.92 Å². The lowest BCUT2D eigenvalue weighted by Gasteiger charge is -2.14. The molecule has 0 aromatic carbocycles. The van der Waals surface area contributed by atoms with Crippen LogP contribution in [0.3, 0.4) is 0 Å². The first-order chi connectivity index (χ1) is 5.70. The maximum absolute atomic E-state index is 5.43. The van der Waals surface area contributed by atoms with Gasteiger partial charge < -0.3 is 0 Å².